The molecule has 172 valence electrons. The van der Waals surface area contributed by atoms with Gasteiger partial charge in [-0.3, -0.25) is 9.59 Å². The molecule has 3 aliphatic rings. The van der Waals surface area contributed by atoms with Crippen molar-refractivity contribution in [3.8, 4) is 0 Å². The molecule has 1 saturated heterocycles. The van der Waals surface area contributed by atoms with E-state index in [1.54, 1.807) is 6.07 Å². The number of piperidine rings is 1. The Morgan fingerprint density at radius 2 is 1.75 bits per heavy atom. The molecule has 1 amide bonds. The Hall–Kier alpha value is -2.30. The maximum absolute atomic E-state index is 13.7. The van der Waals surface area contributed by atoms with Gasteiger partial charge in [-0.05, 0) is 67.6 Å². The highest BCUT2D eigenvalue weighted by Gasteiger charge is 2.43. The number of hydrogen-bond acceptors (Lipinski definition) is 2. The second-order valence-corrected chi connectivity index (χ2v) is 11.6. The number of pyridine rings is 1. The number of rotatable bonds is 3. The average molecular weight is 436 g/mol. The maximum Gasteiger partial charge on any atom is 0.250 e. The summed E-state index contributed by atoms with van der Waals surface area (Å²) in [4.78, 5) is 28.1. The van der Waals surface area contributed by atoms with Crippen LogP contribution in [0.2, 0.25) is 0 Å². The first-order valence-electron chi connectivity index (χ1n) is 12.4. The number of amides is 1. The summed E-state index contributed by atoms with van der Waals surface area (Å²) in [5.74, 6) is 1.66. The summed E-state index contributed by atoms with van der Waals surface area (Å²) >= 11 is 0. The molecule has 2 aromatic rings. The van der Waals surface area contributed by atoms with Gasteiger partial charge in [-0.2, -0.15) is 0 Å². The summed E-state index contributed by atoms with van der Waals surface area (Å²) in [6.45, 7) is 9.31. The lowest BCUT2D eigenvalue weighted by molar-refractivity contribution is -0.137. The van der Waals surface area contributed by atoms with E-state index in [2.05, 4.69) is 60.8 Å². The Morgan fingerprint density at radius 3 is 2.44 bits per heavy atom. The first kappa shape index (κ1) is 21.5. The van der Waals surface area contributed by atoms with E-state index in [1.807, 2.05) is 10.6 Å². The molecule has 0 unspecified atom stereocenters. The van der Waals surface area contributed by atoms with Crippen LogP contribution in [0.25, 0.3) is 0 Å². The SMILES string of the molecule is CC(C)(C)C1CCC(CC(=O)N2C[C@@H]3C[C@@H](C2)c2cccc(=O)n2C3)(n2cccc2)CC1. The third-order valence-electron chi connectivity index (χ3n) is 8.61. The van der Waals surface area contributed by atoms with Gasteiger partial charge in [0.1, 0.15) is 0 Å². The van der Waals surface area contributed by atoms with Crippen molar-refractivity contribution in [3.05, 3.63) is 58.8 Å². The highest BCUT2D eigenvalue weighted by molar-refractivity contribution is 5.77. The number of aromatic nitrogens is 2. The third kappa shape index (κ3) is 3.84. The van der Waals surface area contributed by atoms with E-state index in [0.717, 1.165) is 44.6 Å². The Kier molecular flexibility index (Phi) is 5.34. The predicted molar refractivity (Wildman–Crippen MR) is 127 cm³/mol. The topological polar surface area (TPSA) is 47.2 Å². The van der Waals surface area contributed by atoms with Crippen LogP contribution < -0.4 is 5.56 Å². The lowest BCUT2D eigenvalue weighted by Gasteiger charge is -2.47. The Morgan fingerprint density at radius 1 is 1.03 bits per heavy atom. The van der Waals surface area contributed by atoms with Gasteiger partial charge in [-0.15, -0.1) is 0 Å². The Bertz CT molecular complexity index is 1020. The van der Waals surface area contributed by atoms with Crippen LogP contribution in [0.1, 0.15) is 70.9 Å². The molecular formula is C27H37N3O2. The van der Waals surface area contributed by atoms with Crippen LogP contribution in [-0.2, 0) is 16.9 Å². The number of likely N-dealkylation sites (tertiary alicyclic amines) is 1. The Labute approximate surface area is 191 Å². The standard InChI is InChI=1S/C27H37N3O2/c1-26(2,3)22-9-11-27(12-10-22,29-13-4-5-14-29)16-25(32)28-17-20-15-21(19-28)23-7-6-8-24(31)30(23)18-20/h4-8,13-14,20-22H,9-12,15-19H2,1-3H3/t20-,21-,22?,27?/m0/s1. The largest absolute Gasteiger partial charge is 0.348 e. The molecule has 2 aromatic heterocycles. The first-order chi connectivity index (χ1) is 15.2. The summed E-state index contributed by atoms with van der Waals surface area (Å²) in [6, 6.07) is 9.77. The van der Waals surface area contributed by atoms with Gasteiger partial charge in [-0.1, -0.05) is 26.8 Å². The third-order valence-corrected chi connectivity index (χ3v) is 8.61. The molecule has 5 nitrogen and oxygen atoms in total. The minimum Gasteiger partial charge on any atom is -0.348 e. The lowest BCUT2D eigenvalue weighted by Crippen LogP contribution is -2.51. The molecule has 5 heteroatoms. The molecule has 2 fully saturated rings. The highest BCUT2D eigenvalue weighted by atomic mass is 16.2. The van der Waals surface area contributed by atoms with Gasteiger partial charge in [0.05, 0.1) is 12.0 Å². The molecule has 1 aliphatic carbocycles. The highest BCUT2D eigenvalue weighted by Crippen LogP contribution is 2.46. The van der Waals surface area contributed by atoms with E-state index in [1.165, 1.54) is 12.8 Å². The summed E-state index contributed by atoms with van der Waals surface area (Å²) in [5.41, 5.74) is 1.42. The second-order valence-electron chi connectivity index (χ2n) is 11.6. The molecule has 0 aromatic carbocycles. The quantitative estimate of drug-likeness (QED) is 0.706. The van der Waals surface area contributed by atoms with E-state index < -0.39 is 0 Å². The first-order valence-corrected chi connectivity index (χ1v) is 12.4. The van der Waals surface area contributed by atoms with E-state index in [9.17, 15) is 9.59 Å². The minimum absolute atomic E-state index is 0.0964. The van der Waals surface area contributed by atoms with Gasteiger partial charge in [0, 0.05) is 49.7 Å². The van der Waals surface area contributed by atoms with Gasteiger partial charge < -0.3 is 14.0 Å². The molecule has 2 aliphatic heterocycles. The van der Waals surface area contributed by atoms with Crippen molar-refractivity contribution in [1.29, 1.82) is 0 Å². The van der Waals surface area contributed by atoms with E-state index >= 15 is 0 Å². The number of fused-ring (bicyclic) bond motifs is 4. The van der Waals surface area contributed by atoms with Crippen molar-refractivity contribution in [2.24, 2.45) is 17.3 Å². The molecule has 4 heterocycles. The van der Waals surface area contributed by atoms with Gasteiger partial charge in [0.2, 0.25) is 5.91 Å². The normalized spacial score (nSPS) is 30.1. The van der Waals surface area contributed by atoms with Gasteiger partial charge in [-0.25, -0.2) is 0 Å². The molecule has 0 N–H and O–H groups in total. The van der Waals surface area contributed by atoms with Crippen LogP contribution in [0.15, 0.2) is 47.5 Å². The molecule has 5 rings (SSSR count). The van der Waals surface area contributed by atoms with Crippen LogP contribution in [0.4, 0.5) is 0 Å². The van der Waals surface area contributed by atoms with Gasteiger partial charge in [0.15, 0.2) is 0 Å². The lowest BCUT2D eigenvalue weighted by atomic mass is 9.66. The predicted octanol–water partition coefficient (Wildman–Crippen LogP) is 4.62. The van der Waals surface area contributed by atoms with Crippen molar-refractivity contribution in [2.45, 2.75) is 77.3 Å². The second kappa shape index (κ2) is 7.93. The fourth-order valence-electron chi connectivity index (χ4n) is 6.69. The van der Waals surface area contributed by atoms with E-state index in [0.29, 0.717) is 23.7 Å². The smallest absolute Gasteiger partial charge is 0.250 e. The summed E-state index contributed by atoms with van der Waals surface area (Å²) in [5, 5.41) is 0. The maximum atomic E-state index is 13.7. The average Bonchev–Trinajstić information content (AvgIpc) is 3.30. The zero-order valence-corrected chi connectivity index (χ0v) is 19.8. The molecule has 0 spiro atoms. The van der Waals surface area contributed by atoms with Crippen LogP contribution in [0.5, 0.6) is 0 Å². The monoisotopic (exact) mass is 435 g/mol. The van der Waals surface area contributed by atoms with Crippen LogP contribution >= 0.6 is 0 Å². The molecule has 0 radical (unpaired) electrons. The van der Waals surface area contributed by atoms with Gasteiger partial charge >= 0.3 is 0 Å². The number of hydrogen-bond donors (Lipinski definition) is 0. The number of carbonyl (C=O) groups excluding carboxylic acids is 1. The molecule has 1 saturated carbocycles. The zero-order chi connectivity index (χ0) is 22.5. The molecule has 2 bridgehead atoms. The minimum atomic E-state index is -0.107. The van der Waals surface area contributed by atoms with Crippen molar-refractivity contribution in [3.63, 3.8) is 0 Å². The summed E-state index contributed by atoms with van der Waals surface area (Å²) < 4.78 is 4.26. The summed E-state index contributed by atoms with van der Waals surface area (Å²) in [7, 11) is 0. The van der Waals surface area contributed by atoms with Crippen molar-refractivity contribution in [1.82, 2.24) is 14.0 Å². The van der Waals surface area contributed by atoms with Gasteiger partial charge in [0.25, 0.3) is 5.56 Å². The van der Waals surface area contributed by atoms with E-state index in [-0.39, 0.29) is 22.9 Å². The Balaban J connectivity index is 1.35. The van der Waals surface area contributed by atoms with Crippen LogP contribution in [0, 0.1) is 17.3 Å². The summed E-state index contributed by atoms with van der Waals surface area (Å²) in [6.07, 6.45) is 10.5. The zero-order valence-electron chi connectivity index (χ0n) is 19.8. The molecule has 2 atom stereocenters. The molecular weight excluding hydrogens is 398 g/mol. The molecule has 32 heavy (non-hydrogen) atoms. The fourth-order valence-corrected chi connectivity index (χ4v) is 6.69. The van der Waals surface area contributed by atoms with Crippen molar-refractivity contribution in [2.75, 3.05) is 13.1 Å². The van der Waals surface area contributed by atoms with Crippen LogP contribution in [0.3, 0.4) is 0 Å². The fraction of sp³-hybridized carbons (Fsp3) is 0.630. The van der Waals surface area contributed by atoms with Crippen molar-refractivity contribution < 1.29 is 4.79 Å². The van der Waals surface area contributed by atoms with Crippen molar-refractivity contribution >= 4 is 5.91 Å². The van der Waals surface area contributed by atoms with Crippen LogP contribution in [-0.4, -0.2) is 33.0 Å². The number of carbonyl (C=O) groups is 1. The number of nitrogens with zero attached hydrogens (tertiary/aromatic N) is 3. The van der Waals surface area contributed by atoms with E-state index in [4.69, 9.17) is 0 Å².